The Kier molecular flexibility index (Phi) is 4.60. The first-order valence-corrected chi connectivity index (χ1v) is 7.16. The van der Waals surface area contributed by atoms with Crippen molar-refractivity contribution in [2.45, 2.75) is 39.3 Å². The lowest BCUT2D eigenvalue weighted by Crippen LogP contribution is -2.35. The van der Waals surface area contributed by atoms with E-state index >= 15 is 0 Å². The zero-order valence-corrected chi connectivity index (χ0v) is 12.6. The fourth-order valence-electron chi connectivity index (χ4n) is 2.08. The number of nitrogens with zero attached hydrogens (tertiary/aromatic N) is 2. The standard InChI is InChI=1S/C15H24N4O/c1-15(2,3)18-10-12-5-6-13(17-9-12)19-8-4-7-16-14(20)11-19/h5-6,9,18H,4,7-8,10-11H2,1-3H3,(H,16,20). The summed E-state index contributed by atoms with van der Waals surface area (Å²) in [6, 6.07) is 4.07. The molecule has 1 aromatic rings. The maximum Gasteiger partial charge on any atom is 0.239 e. The molecule has 1 amide bonds. The van der Waals surface area contributed by atoms with Gasteiger partial charge in [0.2, 0.25) is 5.91 Å². The molecule has 1 aromatic heterocycles. The van der Waals surface area contributed by atoms with Crippen LogP contribution in [-0.4, -0.2) is 36.1 Å². The molecule has 0 aliphatic carbocycles. The van der Waals surface area contributed by atoms with Gasteiger partial charge in [0.15, 0.2) is 0 Å². The molecule has 1 aliphatic heterocycles. The van der Waals surface area contributed by atoms with Crippen molar-refractivity contribution >= 4 is 11.7 Å². The van der Waals surface area contributed by atoms with Crippen LogP contribution in [0.25, 0.3) is 0 Å². The highest BCUT2D eigenvalue weighted by Gasteiger charge is 2.16. The lowest BCUT2D eigenvalue weighted by molar-refractivity contribution is -0.119. The number of hydrogen-bond acceptors (Lipinski definition) is 4. The van der Waals surface area contributed by atoms with Crippen molar-refractivity contribution < 1.29 is 4.79 Å². The average molecular weight is 276 g/mol. The molecule has 1 aliphatic rings. The van der Waals surface area contributed by atoms with Crippen LogP contribution >= 0.6 is 0 Å². The summed E-state index contributed by atoms with van der Waals surface area (Å²) in [4.78, 5) is 18.1. The van der Waals surface area contributed by atoms with Crippen LogP contribution in [0.3, 0.4) is 0 Å². The zero-order chi connectivity index (χ0) is 14.6. The van der Waals surface area contributed by atoms with Gasteiger partial charge >= 0.3 is 0 Å². The highest BCUT2D eigenvalue weighted by atomic mass is 16.2. The maximum atomic E-state index is 11.6. The number of amides is 1. The Balaban J connectivity index is 1.98. The molecule has 20 heavy (non-hydrogen) atoms. The van der Waals surface area contributed by atoms with E-state index in [1.54, 1.807) is 0 Å². The van der Waals surface area contributed by atoms with Crippen LogP contribution in [0.4, 0.5) is 5.82 Å². The second-order valence-electron chi connectivity index (χ2n) is 6.25. The highest BCUT2D eigenvalue weighted by Crippen LogP contribution is 2.13. The lowest BCUT2D eigenvalue weighted by atomic mass is 10.1. The average Bonchev–Trinajstić information content (AvgIpc) is 2.61. The number of nitrogens with one attached hydrogen (secondary N) is 2. The van der Waals surface area contributed by atoms with Crippen molar-refractivity contribution in [2.75, 3.05) is 24.5 Å². The van der Waals surface area contributed by atoms with Gasteiger partial charge in [-0.25, -0.2) is 4.98 Å². The lowest BCUT2D eigenvalue weighted by Gasteiger charge is -2.22. The fraction of sp³-hybridized carbons (Fsp3) is 0.600. The van der Waals surface area contributed by atoms with E-state index in [1.807, 2.05) is 17.2 Å². The first kappa shape index (κ1) is 14.8. The summed E-state index contributed by atoms with van der Waals surface area (Å²) in [5, 5.41) is 6.31. The van der Waals surface area contributed by atoms with Crippen LogP contribution in [0.15, 0.2) is 18.3 Å². The van der Waals surface area contributed by atoms with Crippen LogP contribution in [-0.2, 0) is 11.3 Å². The van der Waals surface area contributed by atoms with Crippen molar-refractivity contribution in [1.82, 2.24) is 15.6 Å². The Morgan fingerprint density at radius 3 is 2.85 bits per heavy atom. The summed E-state index contributed by atoms with van der Waals surface area (Å²) in [6.45, 7) is 9.25. The molecule has 1 saturated heterocycles. The van der Waals surface area contributed by atoms with E-state index in [0.717, 1.165) is 37.4 Å². The molecular formula is C15H24N4O. The molecule has 0 saturated carbocycles. The molecule has 2 rings (SSSR count). The van der Waals surface area contributed by atoms with Crippen molar-refractivity contribution in [3.8, 4) is 0 Å². The van der Waals surface area contributed by atoms with Crippen LogP contribution in [0, 0.1) is 0 Å². The Hall–Kier alpha value is -1.62. The molecule has 0 radical (unpaired) electrons. The Morgan fingerprint density at radius 2 is 2.20 bits per heavy atom. The van der Waals surface area contributed by atoms with E-state index in [0.29, 0.717) is 6.54 Å². The topological polar surface area (TPSA) is 57.3 Å². The van der Waals surface area contributed by atoms with Crippen molar-refractivity contribution in [3.05, 3.63) is 23.9 Å². The second kappa shape index (κ2) is 6.22. The number of carbonyl (C=O) groups excluding carboxylic acids is 1. The zero-order valence-electron chi connectivity index (χ0n) is 12.6. The third-order valence-electron chi connectivity index (χ3n) is 3.22. The molecule has 1 fully saturated rings. The minimum Gasteiger partial charge on any atom is -0.354 e. The van der Waals surface area contributed by atoms with E-state index in [9.17, 15) is 4.79 Å². The maximum absolute atomic E-state index is 11.6. The normalized spacial score (nSPS) is 16.8. The molecule has 0 aromatic carbocycles. The smallest absolute Gasteiger partial charge is 0.239 e. The first-order chi connectivity index (χ1) is 9.44. The number of carbonyl (C=O) groups is 1. The van der Waals surface area contributed by atoms with Gasteiger partial charge in [0.25, 0.3) is 0 Å². The van der Waals surface area contributed by atoms with Crippen molar-refractivity contribution in [1.29, 1.82) is 0 Å². The Morgan fingerprint density at radius 1 is 1.40 bits per heavy atom. The Labute approximate surface area is 120 Å². The SMILES string of the molecule is CC(C)(C)NCc1ccc(N2CCCNC(=O)C2)nc1. The molecule has 0 unspecified atom stereocenters. The van der Waals surface area contributed by atoms with Gasteiger partial charge < -0.3 is 15.5 Å². The molecule has 0 bridgehead atoms. The number of hydrogen-bond donors (Lipinski definition) is 2. The number of aromatic nitrogens is 1. The number of rotatable bonds is 3. The summed E-state index contributed by atoms with van der Waals surface area (Å²) >= 11 is 0. The molecule has 110 valence electrons. The van der Waals surface area contributed by atoms with Crippen LogP contribution in [0.1, 0.15) is 32.8 Å². The summed E-state index contributed by atoms with van der Waals surface area (Å²) in [5.74, 6) is 0.948. The third kappa shape index (κ3) is 4.49. The molecular weight excluding hydrogens is 252 g/mol. The minimum atomic E-state index is 0.0720. The van der Waals surface area contributed by atoms with Crippen LogP contribution in [0.2, 0.25) is 0 Å². The number of pyridine rings is 1. The fourth-order valence-corrected chi connectivity index (χ4v) is 2.08. The van der Waals surface area contributed by atoms with E-state index in [4.69, 9.17) is 0 Å². The largest absolute Gasteiger partial charge is 0.354 e. The van der Waals surface area contributed by atoms with Crippen LogP contribution < -0.4 is 15.5 Å². The van der Waals surface area contributed by atoms with E-state index < -0.39 is 0 Å². The third-order valence-corrected chi connectivity index (χ3v) is 3.22. The Bertz CT molecular complexity index is 450. The van der Waals surface area contributed by atoms with Gasteiger partial charge in [0.05, 0.1) is 6.54 Å². The van der Waals surface area contributed by atoms with E-state index in [-0.39, 0.29) is 11.4 Å². The highest BCUT2D eigenvalue weighted by molar-refractivity contribution is 5.81. The van der Waals surface area contributed by atoms with Crippen molar-refractivity contribution in [2.24, 2.45) is 0 Å². The van der Waals surface area contributed by atoms with Gasteiger partial charge in [-0.15, -0.1) is 0 Å². The molecule has 2 N–H and O–H groups in total. The van der Waals surface area contributed by atoms with Gasteiger partial charge in [-0.3, -0.25) is 4.79 Å². The molecule has 5 heteroatoms. The van der Waals surface area contributed by atoms with E-state index in [1.165, 1.54) is 0 Å². The molecule has 0 spiro atoms. The number of anilines is 1. The predicted octanol–water partition coefficient (Wildman–Crippen LogP) is 1.30. The van der Waals surface area contributed by atoms with Gasteiger partial charge in [0.1, 0.15) is 5.82 Å². The van der Waals surface area contributed by atoms with Crippen LogP contribution in [0.5, 0.6) is 0 Å². The van der Waals surface area contributed by atoms with E-state index in [2.05, 4.69) is 42.5 Å². The summed E-state index contributed by atoms with van der Waals surface area (Å²) in [7, 11) is 0. The molecule has 0 atom stereocenters. The monoisotopic (exact) mass is 276 g/mol. The van der Waals surface area contributed by atoms with Gasteiger partial charge in [0, 0.05) is 31.4 Å². The minimum absolute atomic E-state index is 0.0720. The van der Waals surface area contributed by atoms with Gasteiger partial charge in [-0.1, -0.05) is 6.07 Å². The molecule has 2 heterocycles. The first-order valence-electron chi connectivity index (χ1n) is 7.16. The summed E-state index contributed by atoms with van der Waals surface area (Å²) < 4.78 is 0. The van der Waals surface area contributed by atoms with Gasteiger partial charge in [-0.05, 0) is 38.8 Å². The quantitative estimate of drug-likeness (QED) is 0.873. The molecule has 5 nitrogen and oxygen atoms in total. The van der Waals surface area contributed by atoms with Gasteiger partial charge in [-0.2, -0.15) is 0 Å². The van der Waals surface area contributed by atoms with Crippen molar-refractivity contribution in [3.63, 3.8) is 0 Å². The summed E-state index contributed by atoms with van der Waals surface area (Å²) in [6.07, 6.45) is 2.84. The second-order valence-corrected chi connectivity index (χ2v) is 6.25. The summed E-state index contributed by atoms with van der Waals surface area (Å²) in [5.41, 5.74) is 1.25. The predicted molar refractivity (Wildman–Crippen MR) is 80.7 cm³/mol.